The summed E-state index contributed by atoms with van der Waals surface area (Å²) in [5.74, 6) is 2.73. The van der Waals surface area contributed by atoms with Gasteiger partial charge in [0.05, 0.1) is 0 Å². The molecule has 0 saturated heterocycles. The maximum absolute atomic E-state index is 2.42. The van der Waals surface area contributed by atoms with Gasteiger partial charge < -0.3 is 0 Å². The maximum Gasteiger partial charge on any atom is -0.0162 e. The lowest BCUT2D eigenvalue weighted by molar-refractivity contribution is 0.256. The van der Waals surface area contributed by atoms with Crippen molar-refractivity contribution in [1.82, 2.24) is 0 Å². The highest BCUT2D eigenvalue weighted by molar-refractivity contribution is 5.64. The molecule has 0 heterocycles. The zero-order valence-corrected chi connectivity index (χ0v) is 24.8. The summed E-state index contributed by atoms with van der Waals surface area (Å²) < 4.78 is 0. The third kappa shape index (κ3) is 11.0. The van der Waals surface area contributed by atoms with E-state index in [2.05, 4.69) is 69.3 Å². The van der Waals surface area contributed by atoms with Gasteiger partial charge in [0, 0.05) is 0 Å². The maximum atomic E-state index is 2.42. The predicted octanol–water partition coefficient (Wildman–Crippen LogP) is 12.3. The van der Waals surface area contributed by atoms with Gasteiger partial charge in [-0.25, -0.2) is 0 Å². The van der Waals surface area contributed by atoms with Gasteiger partial charge in [-0.2, -0.15) is 0 Å². The van der Waals surface area contributed by atoms with E-state index in [0.717, 1.165) is 17.8 Å². The van der Waals surface area contributed by atoms with E-state index in [-0.39, 0.29) is 0 Å². The molecule has 0 aromatic heterocycles. The first-order chi connectivity index (χ1) is 18.2. The van der Waals surface area contributed by atoms with Gasteiger partial charge in [0.2, 0.25) is 0 Å². The van der Waals surface area contributed by atoms with Crippen LogP contribution in [0.3, 0.4) is 0 Å². The Kier molecular flexibility index (Phi) is 14.5. The van der Waals surface area contributed by atoms with E-state index in [0.29, 0.717) is 0 Å². The molecule has 0 heteroatoms. The van der Waals surface area contributed by atoms with Crippen molar-refractivity contribution in [3.05, 3.63) is 59.7 Å². The largest absolute Gasteiger partial charge is 0.0654 e. The Bertz CT molecular complexity index is 806. The van der Waals surface area contributed by atoms with Crippen LogP contribution in [0.15, 0.2) is 48.5 Å². The molecular formula is C37H58. The Morgan fingerprint density at radius 1 is 0.595 bits per heavy atom. The Labute approximate surface area is 231 Å². The van der Waals surface area contributed by atoms with Gasteiger partial charge in [-0.3, -0.25) is 0 Å². The molecule has 206 valence electrons. The van der Waals surface area contributed by atoms with Crippen molar-refractivity contribution in [3.63, 3.8) is 0 Å². The minimum Gasteiger partial charge on any atom is -0.0654 e. The molecule has 0 spiro atoms. The van der Waals surface area contributed by atoms with E-state index in [1.807, 2.05) is 0 Å². The molecule has 1 aliphatic carbocycles. The van der Waals surface area contributed by atoms with Gasteiger partial charge in [-0.05, 0) is 85.0 Å². The van der Waals surface area contributed by atoms with Crippen molar-refractivity contribution >= 4 is 0 Å². The van der Waals surface area contributed by atoms with E-state index in [1.54, 1.807) is 5.56 Å². The van der Waals surface area contributed by atoms with Crippen LogP contribution in [-0.4, -0.2) is 0 Å². The topological polar surface area (TPSA) is 0 Å². The molecule has 1 fully saturated rings. The van der Waals surface area contributed by atoms with Crippen LogP contribution in [0.1, 0.15) is 153 Å². The SMILES string of the molecule is CCCCCCCCCCCc1ccc(-c2ccc(C3CCC(CC(CC)CCCC)CC3)cc2)cc1. The van der Waals surface area contributed by atoms with E-state index >= 15 is 0 Å². The first-order valence-corrected chi connectivity index (χ1v) is 16.4. The predicted molar refractivity (Wildman–Crippen MR) is 165 cm³/mol. The second-order valence-corrected chi connectivity index (χ2v) is 12.3. The second-order valence-electron chi connectivity index (χ2n) is 12.3. The summed E-state index contributed by atoms with van der Waals surface area (Å²) in [6.45, 7) is 7.03. The van der Waals surface area contributed by atoms with Crippen molar-refractivity contribution in [2.24, 2.45) is 11.8 Å². The second kappa shape index (κ2) is 17.9. The molecular weight excluding hydrogens is 444 g/mol. The lowest BCUT2D eigenvalue weighted by Gasteiger charge is -2.31. The molecule has 0 nitrogen and oxygen atoms in total. The van der Waals surface area contributed by atoms with Crippen LogP contribution in [0.5, 0.6) is 0 Å². The van der Waals surface area contributed by atoms with Crippen LogP contribution in [0.4, 0.5) is 0 Å². The number of unbranched alkanes of at least 4 members (excludes halogenated alkanes) is 9. The summed E-state index contributed by atoms with van der Waals surface area (Å²) in [5, 5.41) is 0. The summed E-state index contributed by atoms with van der Waals surface area (Å²) in [5.41, 5.74) is 5.81. The number of benzene rings is 2. The molecule has 0 N–H and O–H groups in total. The quantitative estimate of drug-likeness (QED) is 0.178. The van der Waals surface area contributed by atoms with Crippen LogP contribution >= 0.6 is 0 Å². The zero-order valence-electron chi connectivity index (χ0n) is 24.8. The van der Waals surface area contributed by atoms with Gasteiger partial charge in [0.25, 0.3) is 0 Å². The fraction of sp³-hybridized carbons (Fsp3) is 0.676. The Hall–Kier alpha value is -1.56. The Morgan fingerprint density at radius 3 is 1.70 bits per heavy atom. The summed E-state index contributed by atoms with van der Waals surface area (Å²) in [7, 11) is 0. The van der Waals surface area contributed by atoms with Gasteiger partial charge >= 0.3 is 0 Å². The lowest BCUT2D eigenvalue weighted by atomic mass is 9.74. The van der Waals surface area contributed by atoms with Crippen molar-refractivity contribution in [1.29, 1.82) is 0 Å². The van der Waals surface area contributed by atoms with Crippen molar-refractivity contribution < 1.29 is 0 Å². The molecule has 1 saturated carbocycles. The normalized spacial score (nSPS) is 18.7. The van der Waals surface area contributed by atoms with Gasteiger partial charge in [0.15, 0.2) is 0 Å². The first-order valence-electron chi connectivity index (χ1n) is 16.4. The molecule has 2 aromatic rings. The summed E-state index contributed by atoms with van der Waals surface area (Å²) in [4.78, 5) is 0. The number of hydrogen-bond acceptors (Lipinski definition) is 0. The number of rotatable bonds is 18. The standard InChI is InChI=1S/C37H58/c1-4-7-9-10-11-12-13-14-15-17-32-18-22-34(23-19-32)36-26-28-37(29-27-36)35-24-20-33(21-25-35)30-31(6-3)16-8-5-2/h18-19,22-23,26-29,31,33,35H,4-17,20-21,24-25,30H2,1-3H3. The smallest absolute Gasteiger partial charge is 0.0162 e. The number of aryl methyl sites for hydroxylation is 1. The first kappa shape index (κ1) is 30.0. The van der Waals surface area contributed by atoms with Crippen molar-refractivity contribution in [2.75, 3.05) is 0 Å². The average Bonchev–Trinajstić information content (AvgIpc) is 2.95. The molecule has 2 aromatic carbocycles. The number of hydrogen-bond donors (Lipinski definition) is 0. The average molecular weight is 503 g/mol. The van der Waals surface area contributed by atoms with Crippen molar-refractivity contribution in [3.8, 4) is 11.1 Å². The lowest BCUT2D eigenvalue weighted by Crippen LogP contribution is -2.16. The van der Waals surface area contributed by atoms with Gasteiger partial charge in [-0.1, -0.05) is 146 Å². The van der Waals surface area contributed by atoms with E-state index in [4.69, 9.17) is 0 Å². The molecule has 0 bridgehead atoms. The van der Waals surface area contributed by atoms with E-state index < -0.39 is 0 Å². The molecule has 1 atom stereocenters. The van der Waals surface area contributed by atoms with Crippen LogP contribution in [-0.2, 0) is 6.42 Å². The zero-order chi connectivity index (χ0) is 26.1. The summed E-state index contributed by atoms with van der Waals surface area (Å²) in [6.07, 6.45) is 26.6. The van der Waals surface area contributed by atoms with Crippen LogP contribution in [0.2, 0.25) is 0 Å². The highest BCUT2D eigenvalue weighted by Crippen LogP contribution is 2.39. The molecule has 0 aliphatic heterocycles. The molecule has 1 unspecified atom stereocenters. The highest BCUT2D eigenvalue weighted by Gasteiger charge is 2.24. The van der Waals surface area contributed by atoms with Gasteiger partial charge in [0.1, 0.15) is 0 Å². The van der Waals surface area contributed by atoms with Crippen molar-refractivity contribution in [2.45, 2.75) is 149 Å². The van der Waals surface area contributed by atoms with E-state index in [9.17, 15) is 0 Å². The van der Waals surface area contributed by atoms with Gasteiger partial charge in [-0.15, -0.1) is 0 Å². The fourth-order valence-corrected chi connectivity index (χ4v) is 6.64. The third-order valence-corrected chi connectivity index (χ3v) is 9.30. The van der Waals surface area contributed by atoms with E-state index in [1.165, 1.54) is 139 Å². The molecule has 0 radical (unpaired) electrons. The fourth-order valence-electron chi connectivity index (χ4n) is 6.64. The molecule has 0 amide bonds. The Balaban J connectivity index is 1.36. The minimum atomic E-state index is 0.778. The molecule has 37 heavy (non-hydrogen) atoms. The Morgan fingerprint density at radius 2 is 1.14 bits per heavy atom. The summed E-state index contributed by atoms with van der Waals surface area (Å²) >= 11 is 0. The third-order valence-electron chi connectivity index (χ3n) is 9.30. The molecule has 1 aliphatic rings. The van der Waals surface area contributed by atoms with Crippen LogP contribution in [0.25, 0.3) is 11.1 Å². The van der Waals surface area contributed by atoms with Crippen LogP contribution in [0, 0.1) is 11.8 Å². The molecule has 3 rings (SSSR count). The highest BCUT2D eigenvalue weighted by atomic mass is 14.3. The summed E-state index contributed by atoms with van der Waals surface area (Å²) in [6, 6.07) is 19.0. The minimum absolute atomic E-state index is 0.778. The monoisotopic (exact) mass is 502 g/mol. The van der Waals surface area contributed by atoms with Crippen LogP contribution < -0.4 is 0 Å².